The molecule has 1 aromatic rings. The van der Waals surface area contributed by atoms with Crippen molar-refractivity contribution in [1.82, 2.24) is 0 Å². The predicted octanol–water partition coefficient (Wildman–Crippen LogP) is 4.41. The molecule has 1 aliphatic rings. The average Bonchev–Trinajstić information content (AvgIpc) is 2.72. The van der Waals surface area contributed by atoms with Crippen LogP contribution in [0.1, 0.15) is 45.7 Å². The average molecular weight is 229 g/mol. The first-order valence-electron chi connectivity index (χ1n) is 6.53. The molecular formula is C16H23N. The van der Waals surface area contributed by atoms with Crippen LogP contribution in [0.25, 0.3) is 0 Å². The molecule has 92 valence electrons. The van der Waals surface area contributed by atoms with E-state index in [9.17, 15) is 0 Å². The zero-order valence-electron chi connectivity index (χ0n) is 11.7. The summed E-state index contributed by atoms with van der Waals surface area (Å²) in [4.78, 5) is 4.62. The summed E-state index contributed by atoms with van der Waals surface area (Å²) >= 11 is 0. The Morgan fingerprint density at radius 2 is 1.76 bits per heavy atom. The fourth-order valence-electron chi connectivity index (χ4n) is 1.98. The molecule has 0 unspecified atom stereocenters. The Kier molecular flexibility index (Phi) is 5.14. The maximum absolute atomic E-state index is 4.62. The summed E-state index contributed by atoms with van der Waals surface area (Å²) in [7, 11) is 0. The fourth-order valence-corrected chi connectivity index (χ4v) is 1.98. The normalized spacial score (nSPS) is 14.3. The van der Waals surface area contributed by atoms with Gasteiger partial charge in [0.25, 0.3) is 0 Å². The van der Waals surface area contributed by atoms with Gasteiger partial charge in [-0.1, -0.05) is 45.0 Å². The quantitative estimate of drug-likeness (QED) is 0.712. The van der Waals surface area contributed by atoms with Gasteiger partial charge in [0.15, 0.2) is 0 Å². The molecule has 0 atom stereocenters. The monoisotopic (exact) mass is 229 g/mol. The van der Waals surface area contributed by atoms with E-state index in [-0.39, 0.29) is 0 Å². The summed E-state index contributed by atoms with van der Waals surface area (Å²) in [6.07, 6.45) is 1.07. The summed E-state index contributed by atoms with van der Waals surface area (Å²) < 4.78 is 0. The van der Waals surface area contributed by atoms with E-state index in [4.69, 9.17) is 0 Å². The van der Waals surface area contributed by atoms with Gasteiger partial charge in [0.05, 0.1) is 12.3 Å². The molecule has 0 aliphatic carbocycles. The highest BCUT2D eigenvalue weighted by Gasteiger charge is 2.15. The molecule has 0 fully saturated rings. The van der Waals surface area contributed by atoms with Crippen molar-refractivity contribution >= 4 is 5.71 Å². The number of allylic oxidation sites excluding steroid dienone is 1. The Labute approximate surface area is 105 Å². The predicted molar refractivity (Wildman–Crippen MR) is 76.9 cm³/mol. The van der Waals surface area contributed by atoms with Crippen LogP contribution in [0.2, 0.25) is 0 Å². The number of benzene rings is 1. The Morgan fingerprint density at radius 3 is 2.29 bits per heavy atom. The van der Waals surface area contributed by atoms with E-state index in [1.54, 1.807) is 0 Å². The smallest absolute Gasteiger partial charge is 0.0682 e. The van der Waals surface area contributed by atoms with Crippen molar-refractivity contribution in [2.45, 2.75) is 41.0 Å². The van der Waals surface area contributed by atoms with Gasteiger partial charge in [-0.3, -0.25) is 4.99 Å². The molecule has 1 heteroatoms. The lowest BCUT2D eigenvalue weighted by molar-refractivity contribution is 1.13. The first-order valence-corrected chi connectivity index (χ1v) is 6.53. The number of aliphatic imine (C=N–C) groups is 1. The molecule has 0 bridgehead atoms. The van der Waals surface area contributed by atoms with Gasteiger partial charge in [0, 0.05) is 5.56 Å². The molecule has 0 saturated heterocycles. The van der Waals surface area contributed by atoms with Crippen molar-refractivity contribution < 1.29 is 0 Å². The molecular weight excluding hydrogens is 206 g/mol. The lowest BCUT2D eigenvalue weighted by Crippen LogP contribution is -2.03. The molecule has 0 radical (unpaired) electrons. The van der Waals surface area contributed by atoms with Gasteiger partial charge >= 0.3 is 0 Å². The van der Waals surface area contributed by atoms with Crippen molar-refractivity contribution in [3.05, 3.63) is 46.5 Å². The molecule has 0 aromatic heterocycles. The van der Waals surface area contributed by atoms with Crippen LogP contribution in [-0.4, -0.2) is 12.3 Å². The molecule has 1 heterocycles. The van der Waals surface area contributed by atoms with Crippen LogP contribution < -0.4 is 0 Å². The summed E-state index contributed by atoms with van der Waals surface area (Å²) in [5.41, 5.74) is 6.66. The summed E-state index contributed by atoms with van der Waals surface area (Å²) in [6, 6.07) is 8.57. The minimum Gasteiger partial charge on any atom is -0.280 e. The summed E-state index contributed by atoms with van der Waals surface area (Å²) in [5.74, 6) is 0. The minimum absolute atomic E-state index is 0.874. The van der Waals surface area contributed by atoms with Crippen LogP contribution in [0.15, 0.2) is 40.4 Å². The van der Waals surface area contributed by atoms with Gasteiger partial charge < -0.3 is 0 Å². The van der Waals surface area contributed by atoms with Gasteiger partial charge in [0.1, 0.15) is 0 Å². The fraction of sp³-hybridized carbons (Fsp3) is 0.438. The van der Waals surface area contributed by atoms with E-state index in [1.165, 1.54) is 28.0 Å². The number of hydrogen-bond acceptors (Lipinski definition) is 1. The highest BCUT2D eigenvalue weighted by molar-refractivity contribution is 6.14. The van der Waals surface area contributed by atoms with Crippen LogP contribution >= 0.6 is 0 Å². The third-order valence-electron chi connectivity index (χ3n) is 3.12. The van der Waals surface area contributed by atoms with Gasteiger partial charge in [-0.05, 0) is 37.0 Å². The number of rotatable bonds is 2. The lowest BCUT2D eigenvalue weighted by atomic mass is 9.96. The van der Waals surface area contributed by atoms with Gasteiger partial charge in [0.2, 0.25) is 0 Å². The Balaban J connectivity index is 0.000000686. The standard InChI is InChI=1S/C14H17N.C2H6/c1-4-12-7-5-6-8-13(12)14-11(3)10(2)9-15-14;1-2/h5-8H,4,9H2,1-3H3;1-2H3. The van der Waals surface area contributed by atoms with Gasteiger partial charge in [-0.15, -0.1) is 0 Å². The topological polar surface area (TPSA) is 12.4 Å². The third-order valence-corrected chi connectivity index (χ3v) is 3.12. The van der Waals surface area contributed by atoms with Crippen molar-refractivity contribution in [1.29, 1.82) is 0 Å². The molecule has 17 heavy (non-hydrogen) atoms. The second-order valence-corrected chi connectivity index (χ2v) is 4.08. The van der Waals surface area contributed by atoms with E-state index in [0.29, 0.717) is 0 Å². The summed E-state index contributed by atoms with van der Waals surface area (Å²) in [5, 5.41) is 0. The zero-order chi connectivity index (χ0) is 12.8. The van der Waals surface area contributed by atoms with Crippen LogP contribution in [0, 0.1) is 0 Å². The molecule has 0 saturated carbocycles. The van der Waals surface area contributed by atoms with Crippen LogP contribution in [0.3, 0.4) is 0 Å². The van der Waals surface area contributed by atoms with Crippen molar-refractivity contribution in [3.63, 3.8) is 0 Å². The van der Waals surface area contributed by atoms with E-state index < -0.39 is 0 Å². The highest BCUT2D eigenvalue weighted by atomic mass is 14.8. The van der Waals surface area contributed by atoms with E-state index in [1.807, 2.05) is 13.8 Å². The zero-order valence-corrected chi connectivity index (χ0v) is 11.7. The molecule has 1 aromatic carbocycles. The van der Waals surface area contributed by atoms with Crippen LogP contribution in [-0.2, 0) is 6.42 Å². The second kappa shape index (κ2) is 6.39. The third kappa shape index (κ3) is 2.85. The Bertz CT molecular complexity index is 439. The largest absolute Gasteiger partial charge is 0.280 e. The van der Waals surface area contributed by atoms with Gasteiger partial charge in [-0.2, -0.15) is 0 Å². The van der Waals surface area contributed by atoms with E-state index >= 15 is 0 Å². The van der Waals surface area contributed by atoms with Crippen LogP contribution in [0.5, 0.6) is 0 Å². The molecule has 0 N–H and O–H groups in total. The molecule has 1 nitrogen and oxygen atoms in total. The maximum atomic E-state index is 4.62. The van der Waals surface area contributed by atoms with Crippen LogP contribution in [0.4, 0.5) is 0 Å². The second-order valence-electron chi connectivity index (χ2n) is 4.08. The SMILES string of the molecule is CC.CCc1ccccc1C1=NCC(C)=C1C. The van der Waals surface area contributed by atoms with Gasteiger partial charge in [-0.25, -0.2) is 0 Å². The maximum Gasteiger partial charge on any atom is 0.0682 e. The summed E-state index contributed by atoms with van der Waals surface area (Å²) in [6.45, 7) is 11.4. The first-order chi connectivity index (χ1) is 8.24. The Morgan fingerprint density at radius 1 is 1.12 bits per heavy atom. The number of hydrogen-bond donors (Lipinski definition) is 0. The molecule has 0 amide bonds. The molecule has 0 spiro atoms. The van der Waals surface area contributed by atoms with Crippen molar-refractivity contribution in [3.8, 4) is 0 Å². The molecule has 1 aliphatic heterocycles. The Hall–Kier alpha value is -1.37. The number of aryl methyl sites for hydroxylation is 1. The van der Waals surface area contributed by atoms with E-state index in [0.717, 1.165) is 13.0 Å². The van der Waals surface area contributed by atoms with Crippen molar-refractivity contribution in [2.24, 2.45) is 4.99 Å². The minimum atomic E-state index is 0.874. The first kappa shape index (κ1) is 13.7. The van der Waals surface area contributed by atoms with Crippen molar-refractivity contribution in [2.75, 3.05) is 6.54 Å². The highest BCUT2D eigenvalue weighted by Crippen LogP contribution is 2.22. The molecule has 2 rings (SSSR count). The van der Waals surface area contributed by atoms with E-state index in [2.05, 4.69) is 50.0 Å². The number of nitrogens with zero attached hydrogens (tertiary/aromatic N) is 1. The lowest BCUT2D eigenvalue weighted by Gasteiger charge is -2.08.